The summed E-state index contributed by atoms with van der Waals surface area (Å²) in [5, 5.41) is 3.99. The lowest BCUT2D eigenvalue weighted by atomic mass is 9.97. The van der Waals surface area contributed by atoms with Crippen LogP contribution in [0.4, 0.5) is 0 Å². The van der Waals surface area contributed by atoms with Crippen LogP contribution in [0.25, 0.3) is 77.4 Å². The van der Waals surface area contributed by atoms with Crippen LogP contribution >= 0.6 is 0 Å². The molecule has 5 aromatic carbocycles. The van der Waals surface area contributed by atoms with Gasteiger partial charge in [0.25, 0.3) is 0 Å². The van der Waals surface area contributed by atoms with Crippen molar-refractivity contribution in [3.8, 4) is 33.8 Å². The number of para-hydroxylation sites is 2. The first-order valence-electron chi connectivity index (χ1n) is 15.0. The predicted octanol–water partition coefficient (Wildman–Crippen LogP) is 9.19. The third kappa shape index (κ3) is 4.00. The Labute approximate surface area is 241 Å². The van der Waals surface area contributed by atoms with Gasteiger partial charge in [0.05, 0.1) is 39.1 Å². The highest BCUT2D eigenvalue weighted by atomic mass is 14.8. The van der Waals surface area contributed by atoms with Crippen LogP contribution in [0.15, 0.2) is 127 Å². The van der Waals surface area contributed by atoms with Crippen LogP contribution in [0.2, 0.25) is 0 Å². The lowest BCUT2D eigenvalue weighted by Gasteiger charge is -2.14. The molecule has 0 bridgehead atoms. The second-order valence-electron chi connectivity index (χ2n) is 10.1. The number of nitrogens with zero attached hydrogens (tertiary/aromatic N) is 4. The zero-order chi connectivity index (χ0) is 29.8. The molecule has 3 aromatic heterocycles. The molecule has 0 N–H and O–H groups in total. The monoisotopic (exact) mass is 527 g/mol. The third-order valence-electron chi connectivity index (χ3n) is 7.57. The SMILES string of the molecule is [2H]C([2H])([2H])c1ccc2ccc3ccc(-c4cccc(-c5nc6ccccc6nc5-c5cccc6ccccc56)c4)nc3c2n1. The van der Waals surface area contributed by atoms with Crippen LogP contribution in [0.5, 0.6) is 0 Å². The lowest BCUT2D eigenvalue weighted by Crippen LogP contribution is -1.96. The fraction of sp³-hybridized carbons (Fsp3) is 0.0270. The van der Waals surface area contributed by atoms with Gasteiger partial charge >= 0.3 is 0 Å². The first-order chi connectivity index (χ1) is 21.4. The molecule has 0 spiro atoms. The first-order valence-corrected chi connectivity index (χ1v) is 13.5. The lowest BCUT2D eigenvalue weighted by molar-refractivity contribution is 1.25. The van der Waals surface area contributed by atoms with Crippen LogP contribution in [-0.2, 0) is 0 Å². The van der Waals surface area contributed by atoms with Crippen molar-refractivity contribution >= 4 is 43.6 Å². The zero-order valence-electron chi connectivity index (χ0n) is 24.9. The highest BCUT2D eigenvalue weighted by molar-refractivity contribution is 6.04. The quantitative estimate of drug-likeness (QED) is 0.215. The molecule has 0 aliphatic carbocycles. The third-order valence-corrected chi connectivity index (χ3v) is 7.57. The molecule has 0 unspecified atom stereocenters. The molecule has 41 heavy (non-hydrogen) atoms. The number of benzene rings is 5. The Morgan fingerprint density at radius 2 is 1.15 bits per heavy atom. The van der Waals surface area contributed by atoms with Crippen molar-refractivity contribution in [2.75, 3.05) is 0 Å². The fourth-order valence-corrected chi connectivity index (χ4v) is 5.58. The molecule has 8 aromatic rings. The topological polar surface area (TPSA) is 51.6 Å². The van der Waals surface area contributed by atoms with Gasteiger partial charge < -0.3 is 0 Å². The van der Waals surface area contributed by atoms with Crippen LogP contribution < -0.4 is 0 Å². The van der Waals surface area contributed by atoms with E-state index >= 15 is 0 Å². The Morgan fingerprint density at radius 3 is 2.00 bits per heavy atom. The summed E-state index contributed by atoms with van der Waals surface area (Å²) in [6, 6.07) is 42.0. The summed E-state index contributed by atoms with van der Waals surface area (Å²) >= 11 is 0. The largest absolute Gasteiger partial charge is 0.251 e. The molecule has 3 heterocycles. The molecule has 0 fully saturated rings. The maximum absolute atomic E-state index is 7.85. The number of aromatic nitrogens is 4. The molecule has 0 atom stereocenters. The molecule has 4 heteroatoms. The Kier molecular flexibility index (Phi) is 4.64. The average molecular weight is 528 g/mol. The summed E-state index contributed by atoms with van der Waals surface area (Å²) in [5.74, 6) is 0. The maximum atomic E-state index is 7.85. The van der Waals surface area contributed by atoms with Crippen molar-refractivity contribution in [2.45, 2.75) is 6.85 Å². The van der Waals surface area contributed by atoms with Gasteiger partial charge in [-0.1, -0.05) is 97.1 Å². The minimum Gasteiger partial charge on any atom is -0.251 e. The fourth-order valence-electron chi connectivity index (χ4n) is 5.58. The van der Waals surface area contributed by atoms with Gasteiger partial charge in [0.2, 0.25) is 0 Å². The van der Waals surface area contributed by atoms with Gasteiger partial charge in [0.1, 0.15) is 0 Å². The van der Waals surface area contributed by atoms with Crippen molar-refractivity contribution in [3.05, 3.63) is 133 Å². The number of hydrogen-bond donors (Lipinski definition) is 0. The minimum absolute atomic E-state index is 0.0579. The van der Waals surface area contributed by atoms with Crippen molar-refractivity contribution in [1.29, 1.82) is 0 Å². The van der Waals surface area contributed by atoms with E-state index in [-0.39, 0.29) is 5.69 Å². The predicted molar refractivity (Wildman–Crippen MR) is 169 cm³/mol. The van der Waals surface area contributed by atoms with Gasteiger partial charge in [0.15, 0.2) is 0 Å². The van der Waals surface area contributed by atoms with E-state index in [0.717, 1.165) is 66.4 Å². The molecular formula is C37H24N4. The number of pyridine rings is 2. The summed E-state index contributed by atoms with van der Waals surface area (Å²) < 4.78 is 23.6. The second-order valence-corrected chi connectivity index (χ2v) is 10.1. The summed E-state index contributed by atoms with van der Waals surface area (Å²) in [6.07, 6.45) is 0. The Hall–Kier alpha value is -5.48. The molecular weight excluding hydrogens is 500 g/mol. The molecule has 4 nitrogen and oxygen atoms in total. The van der Waals surface area contributed by atoms with Gasteiger partial charge in [0, 0.05) is 37.3 Å². The van der Waals surface area contributed by atoms with Crippen molar-refractivity contribution in [3.63, 3.8) is 0 Å². The summed E-state index contributed by atoms with van der Waals surface area (Å²) in [7, 11) is 0. The summed E-state index contributed by atoms with van der Waals surface area (Å²) in [6.45, 7) is -2.30. The minimum atomic E-state index is -2.30. The molecule has 0 saturated carbocycles. The van der Waals surface area contributed by atoms with Gasteiger partial charge in [-0.15, -0.1) is 0 Å². The van der Waals surface area contributed by atoms with Gasteiger partial charge in [-0.05, 0) is 48.0 Å². The molecule has 0 radical (unpaired) electrons. The summed E-state index contributed by atoms with van der Waals surface area (Å²) in [4.78, 5) is 19.8. The van der Waals surface area contributed by atoms with E-state index in [1.807, 2.05) is 72.8 Å². The van der Waals surface area contributed by atoms with E-state index < -0.39 is 6.85 Å². The van der Waals surface area contributed by atoms with E-state index in [1.54, 1.807) is 12.1 Å². The normalized spacial score (nSPS) is 12.9. The number of hydrogen-bond acceptors (Lipinski definition) is 4. The van der Waals surface area contributed by atoms with E-state index in [1.165, 1.54) is 0 Å². The smallest absolute Gasteiger partial charge is 0.0979 e. The zero-order valence-corrected chi connectivity index (χ0v) is 21.9. The molecule has 0 amide bonds. The molecule has 0 aliphatic heterocycles. The molecule has 0 aliphatic rings. The van der Waals surface area contributed by atoms with Crippen LogP contribution in [0.1, 0.15) is 9.81 Å². The molecule has 8 rings (SSSR count). The van der Waals surface area contributed by atoms with E-state index in [0.29, 0.717) is 11.0 Å². The summed E-state index contributed by atoms with van der Waals surface area (Å²) in [5.41, 5.74) is 8.17. The highest BCUT2D eigenvalue weighted by Crippen LogP contribution is 2.36. The van der Waals surface area contributed by atoms with Gasteiger partial charge in [-0.2, -0.15) is 0 Å². The first kappa shape index (κ1) is 20.4. The molecule has 0 saturated heterocycles. The number of aryl methyl sites for hydroxylation is 1. The molecule has 192 valence electrons. The standard InChI is InChI=1S/C37H24N4/c1-23-16-17-25-18-19-26-20-21-31(39-35(26)34(25)38-23)27-10-6-11-28(22-27)36-37(41-33-15-5-4-14-32(33)40-36)30-13-7-9-24-8-2-3-12-29(24)30/h2-22H,1H3/i1D3. The Morgan fingerprint density at radius 1 is 0.488 bits per heavy atom. The maximum Gasteiger partial charge on any atom is 0.0979 e. The van der Waals surface area contributed by atoms with Crippen molar-refractivity contribution in [2.24, 2.45) is 0 Å². The van der Waals surface area contributed by atoms with E-state index in [2.05, 4.69) is 47.4 Å². The van der Waals surface area contributed by atoms with Gasteiger partial charge in [-0.25, -0.2) is 15.0 Å². The Bertz CT molecular complexity index is 2390. The average Bonchev–Trinajstić information content (AvgIpc) is 3.06. The van der Waals surface area contributed by atoms with Crippen LogP contribution in [0, 0.1) is 6.85 Å². The highest BCUT2D eigenvalue weighted by Gasteiger charge is 2.16. The van der Waals surface area contributed by atoms with E-state index in [9.17, 15) is 0 Å². The van der Waals surface area contributed by atoms with Gasteiger partial charge in [-0.3, -0.25) is 4.98 Å². The van der Waals surface area contributed by atoms with Crippen LogP contribution in [-0.4, -0.2) is 19.9 Å². The Balaban J connectivity index is 1.32. The number of fused-ring (bicyclic) bond motifs is 5. The van der Waals surface area contributed by atoms with Crippen molar-refractivity contribution in [1.82, 2.24) is 19.9 Å². The van der Waals surface area contributed by atoms with Crippen LogP contribution in [0.3, 0.4) is 0 Å². The second kappa shape index (κ2) is 9.32. The van der Waals surface area contributed by atoms with Crippen molar-refractivity contribution < 1.29 is 4.11 Å². The number of rotatable bonds is 3. The van der Waals surface area contributed by atoms with E-state index in [4.69, 9.17) is 19.1 Å².